The lowest BCUT2D eigenvalue weighted by Crippen LogP contribution is -1.94. The molecule has 0 saturated carbocycles. The number of furan rings is 1. The first-order chi connectivity index (χ1) is 63.0. The second-order valence-electron chi connectivity index (χ2n) is 33.2. The van der Waals surface area contributed by atoms with E-state index in [1.165, 1.54) is 113 Å². The Morgan fingerprint density at radius 1 is 0.173 bits per heavy atom. The first-order valence-corrected chi connectivity index (χ1v) is 43.1. The standard InChI is InChI=1S/C46H26N2O.C42H24N2.C31H19N3/c1-3-15-31-27(11-1)22-23-39-40(31)41-32-16-4-2-12-29(32)26-38(46(41)49-39)28-13-9-14-30(25-28)43-37-21-10-24-47-44(37)42-35-19-7-5-17-33(35)34-18-6-8-20-36(34)45(42)48-43;1-3-13-34-32(11-1)33-12-2-4-14-35(33)42-40(34)37-24-43-20-19-36(37)41(44-42)30-10-6-9-27(21-30)31-22-28-17-15-25-7-5-8-26-16-18-29(23-31)39(28)38(25)26;1-3-9-25-23(7-1)24-8-2-4-10-26(24)31-29(25)28-19-33-17-15-27(28)30(34-31)21-13-11-20(12-14-21)22-6-5-16-32-18-22/h1-26H;1-24H;1-19H. The Balaban J connectivity index is 0.000000103. The van der Waals surface area contributed by atoms with Gasteiger partial charge in [0.05, 0.1) is 39.1 Å². The molecule has 0 aliphatic carbocycles. The highest BCUT2D eigenvalue weighted by atomic mass is 16.3. The maximum atomic E-state index is 6.79. The molecule has 0 aliphatic rings. The van der Waals surface area contributed by atoms with Crippen LogP contribution in [0.3, 0.4) is 0 Å². The van der Waals surface area contributed by atoms with Crippen LogP contribution >= 0.6 is 0 Å². The highest BCUT2D eigenvalue weighted by molar-refractivity contribution is 6.35. The predicted molar refractivity (Wildman–Crippen MR) is 533 cm³/mol. The number of nitrogens with zero attached hydrogens (tertiary/aromatic N) is 7. The summed E-state index contributed by atoms with van der Waals surface area (Å²) in [4.78, 5) is 34.6. The molecule has 20 aromatic carbocycles. The molecule has 28 aromatic rings. The smallest absolute Gasteiger partial charge is 0.143 e. The highest BCUT2D eigenvalue weighted by Crippen LogP contribution is 2.49. The molecule has 0 atom stereocenters. The lowest BCUT2D eigenvalue weighted by Gasteiger charge is -2.16. The van der Waals surface area contributed by atoms with Crippen LogP contribution < -0.4 is 0 Å². The zero-order chi connectivity index (χ0) is 83.3. The van der Waals surface area contributed by atoms with Crippen molar-refractivity contribution in [3.05, 3.63) is 419 Å². The van der Waals surface area contributed by atoms with E-state index in [2.05, 4.69) is 379 Å². The first-order valence-electron chi connectivity index (χ1n) is 43.1. The minimum atomic E-state index is 0.898. The predicted octanol–water partition coefficient (Wildman–Crippen LogP) is 31.8. The van der Waals surface area contributed by atoms with Crippen LogP contribution in [0.1, 0.15) is 0 Å². The number of rotatable bonds is 6. The molecule has 0 fully saturated rings. The van der Waals surface area contributed by atoms with Crippen LogP contribution in [0.2, 0.25) is 0 Å². The molecule has 0 saturated heterocycles. The maximum absolute atomic E-state index is 6.79. The second-order valence-corrected chi connectivity index (χ2v) is 33.2. The summed E-state index contributed by atoms with van der Waals surface area (Å²) in [5.41, 5.74) is 18.6. The Hall–Kier alpha value is -17.1. The van der Waals surface area contributed by atoms with Crippen LogP contribution in [0, 0.1) is 0 Å². The van der Waals surface area contributed by atoms with Crippen molar-refractivity contribution < 1.29 is 4.42 Å². The SMILES string of the molecule is c1cc(-c2cc3ccc4cccc5ccc(c2)c3c45)cc(-c2nc3c4ccccc4c4ccccc4c3c3cnccc23)c1.c1cc(-c2nc3c4ccccc4c4ccccc4c3c3ncccc23)cc(-c2cc3ccccc3c3c2oc2ccc4ccccc4c23)c1.c1cncc(-c2ccc(-c3nc4c5ccccc5c5ccccc5c4c4cnccc34)cc2)c1. The number of hydrogen-bond acceptors (Lipinski definition) is 8. The van der Waals surface area contributed by atoms with Gasteiger partial charge in [-0.2, -0.15) is 0 Å². The Morgan fingerprint density at radius 3 is 1.15 bits per heavy atom. The summed E-state index contributed by atoms with van der Waals surface area (Å²) < 4.78 is 6.79. The van der Waals surface area contributed by atoms with Gasteiger partial charge >= 0.3 is 0 Å². The summed E-state index contributed by atoms with van der Waals surface area (Å²) in [5, 5.41) is 38.2. The van der Waals surface area contributed by atoms with Gasteiger partial charge in [-0.05, 0) is 197 Å². The van der Waals surface area contributed by atoms with E-state index >= 15 is 0 Å². The third kappa shape index (κ3) is 11.4. The molecule has 586 valence electrons. The lowest BCUT2D eigenvalue weighted by molar-refractivity contribution is 0.670. The summed E-state index contributed by atoms with van der Waals surface area (Å²) in [5.74, 6) is 0. The molecule has 0 amide bonds. The summed E-state index contributed by atoms with van der Waals surface area (Å²) >= 11 is 0. The zero-order valence-electron chi connectivity index (χ0n) is 68.4. The van der Waals surface area contributed by atoms with E-state index in [9.17, 15) is 0 Å². The molecule has 0 N–H and O–H groups in total. The van der Waals surface area contributed by atoms with Gasteiger partial charge in [-0.25, -0.2) is 15.0 Å². The Labute approximate surface area is 726 Å². The van der Waals surface area contributed by atoms with E-state index in [-0.39, 0.29) is 0 Å². The molecular weight excluding hydrogens is 1540 g/mol. The van der Waals surface area contributed by atoms with Crippen molar-refractivity contribution in [3.8, 4) is 67.2 Å². The van der Waals surface area contributed by atoms with E-state index in [1.807, 2.05) is 49.3 Å². The molecule has 8 heterocycles. The van der Waals surface area contributed by atoms with Crippen molar-refractivity contribution in [2.75, 3.05) is 0 Å². The topological polar surface area (TPSA) is 103 Å². The van der Waals surface area contributed by atoms with Crippen molar-refractivity contribution in [3.63, 3.8) is 0 Å². The molecule has 0 spiro atoms. The minimum absolute atomic E-state index is 0.898. The third-order valence-electron chi connectivity index (χ3n) is 26.3. The molecule has 28 rings (SSSR count). The molecule has 0 bridgehead atoms. The van der Waals surface area contributed by atoms with Crippen molar-refractivity contribution in [1.29, 1.82) is 0 Å². The van der Waals surface area contributed by atoms with E-state index < -0.39 is 0 Å². The molecule has 8 nitrogen and oxygen atoms in total. The van der Waals surface area contributed by atoms with E-state index in [0.29, 0.717) is 0 Å². The van der Waals surface area contributed by atoms with Gasteiger partial charge in [-0.3, -0.25) is 19.9 Å². The van der Waals surface area contributed by atoms with Crippen molar-refractivity contribution >= 4 is 206 Å². The summed E-state index contributed by atoms with van der Waals surface area (Å²) in [7, 11) is 0. The first kappa shape index (κ1) is 71.6. The van der Waals surface area contributed by atoms with Crippen LogP contribution in [0.15, 0.2) is 424 Å². The van der Waals surface area contributed by atoms with Crippen LogP contribution in [-0.2, 0) is 0 Å². The average Bonchev–Trinajstić information content (AvgIpc) is 1.12. The van der Waals surface area contributed by atoms with Gasteiger partial charge < -0.3 is 4.42 Å². The molecule has 8 heteroatoms. The second kappa shape index (κ2) is 28.8. The quantitative estimate of drug-likeness (QED) is 0.152. The van der Waals surface area contributed by atoms with E-state index in [0.717, 1.165) is 159 Å². The van der Waals surface area contributed by atoms with Gasteiger partial charge in [-0.15, -0.1) is 0 Å². The largest absolute Gasteiger partial charge is 0.455 e. The molecule has 0 aliphatic heterocycles. The molecule has 0 unspecified atom stereocenters. The number of benzene rings is 20. The summed E-state index contributed by atoms with van der Waals surface area (Å²) in [6, 6.07) is 134. The van der Waals surface area contributed by atoms with Crippen molar-refractivity contribution in [2.45, 2.75) is 0 Å². The maximum Gasteiger partial charge on any atom is 0.143 e. The zero-order valence-corrected chi connectivity index (χ0v) is 68.4. The van der Waals surface area contributed by atoms with Crippen LogP contribution in [0.4, 0.5) is 0 Å². The third-order valence-corrected chi connectivity index (χ3v) is 26.3. The minimum Gasteiger partial charge on any atom is -0.455 e. The molecular formula is C119H69N7O. The summed E-state index contributed by atoms with van der Waals surface area (Å²) in [6.07, 6.45) is 13.3. The Morgan fingerprint density at radius 2 is 0.575 bits per heavy atom. The van der Waals surface area contributed by atoms with Gasteiger partial charge in [0, 0.05) is 136 Å². The van der Waals surface area contributed by atoms with Crippen LogP contribution in [0.5, 0.6) is 0 Å². The highest BCUT2D eigenvalue weighted by Gasteiger charge is 2.25. The Kier molecular flexibility index (Phi) is 16.2. The van der Waals surface area contributed by atoms with Crippen LogP contribution in [-0.4, -0.2) is 34.9 Å². The molecule has 127 heavy (non-hydrogen) atoms. The average molecular weight is 1610 g/mol. The fourth-order valence-electron chi connectivity index (χ4n) is 20.6. The summed E-state index contributed by atoms with van der Waals surface area (Å²) in [6.45, 7) is 0. The molecule has 8 aromatic heterocycles. The number of hydrogen-bond donors (Lipinski definition) is 0. The fraction of sp³-hybridized carbons (Fsp3) is 0. The van der Waals surface area contributed by atoms with Gasteiger partial charge in [-0.1, -0.05) is 309 Å². The Bertz CT molecular complexity index is 9440. The molecule has 0 radical (unpaired) electrons. The van der Waals surface area contributed by atoms with Crippen LogP contribution in [0.25, 0.3) is 273 Å². The lowest BCUT2D eigenvalue weighted by atomic mass is 9.90. The number of pyridine rings is 7. The van der Waals surface area contributed by atoms with E-state index in [4.69, 9.17) is 24.4 Å². The van der Waals surface area contributed by atoms with Crippen molar-refractivity contribution in [2.24, 2.45) is 0 Å². The van der Waals surface area contributed by atoms with Gasteiger partial charge in [0.1, 0.15) is 11.2 Å². The van der Waals surface area contributed by atoms with Gasteiger partial charge in [0.2, 0.25) is 0 Å². The number of fused-ring (bicyclic) bond motifs is 31. The fourth-order valence-corrected chi connectivity index (χ4v) is 20.6. The van der Waals surface area contributed by atoms with Crippen molar-refractivity contribution in [1.82, 2.24) is 34.9 Å². The monoisotopic (exact) mass is 1610 g/mol. The van der Waals surface area contributed by atoms with E-state index in [1.54, 1.807) is 6.20 Å². The van der Waals surface area contributed by atoms with Gasteiger partial charge in [0.15, 0.2) is 0 Å². The number of aromatic nitrogens is 7. The normalized spacial score (nSPS) is 11.9. The van der Waals surface area contributed by atoms with Gasteiger partial charge in [0.25, 0.3) is 0 Å².